The van der Waals surface area contributed by atoms with Gasteiger partial charge in [0, 0.05) is 16.8 Å². The zero-order valence-electron chi connectivity index (χ0n) is 33.8. The highest BCUT2D eigenvalue weighted by Crippen LogP contribution is 2.50. The third-order valence-corrected chi connectivity index (χ3v) is 11.5. The molecule has 61 heavy (non-hydrogen) atoms. The fourth-order valence-corrected chi connectivity index (χ4v) is 8.64. The Morgan fingerprint density at radius 3 is 1.07 bits per heavy atom. The Kier molecular flexibility index (Phi) is 10.4. The van der Waals surface area contributed by atoms with E-state index >= 15 is 0 Å². The predicted octanol–water partition coefficient (Wildman–Crippen LogP) is 16.8. The number of rotatable bonds is 10. The molecule has 0 aliphatic carbocycles. The van der Waals surface area contributed by atoms with E-state index in [1.54, 1.807) is 0 Å². The van der Waals surface area contributed by atoms with Crippen LogP contribution in [0.1, 0.15) is 0 Å². The van der Waals surface area contributed by atoms with E-state index in [1.807, 2.05) is 0 Å². The van der Waals surface area contributed by atoms with Crippen LogP contribution in [0.2, 0.25) is 0 Å². The van der Waals surface area contributed by atoms with E-state index in [1.165, 1.54) is 50.1 Å². The van der Waals surface area contributed by atoms with E-state index in [9.17, 15) is 0 Å². The first-order valence-corrected chi connectivity index (χ1v) is 20.9. The molecule has 288 valence electrons. The van der Waals surface area contributed by atoms with Crippen LogP contribution in [0.5, 0.6) is 0 Å². The maximum atomic E-state index is 2.48. The first-order chi connectivity index (χ1) is 30.3. The number of benzene rings is 10. The van der Waals surface area contributed by atoms with E-state index in [2.05, 4.69) is 266 Å². The quantitative estimate of drug-likeness (QED) is 0.134. The number of para-hydroxylation sites is 1. The maximum absolute atomic E-state index is 2.48. The molecule has 0 N–H and O–H groups in total. The molecule has 10 rings (SSSR count). The van der Waals surface area contributed by atoms with Crippen LogP contribution in [-0.2, 0) is 0 Å². The Labute approximate surface area is 359 Å². The Hall–Kier alpha value is -8.00. The summed E-state index contributed by atoms with van der Waals surface area (Å²) in [5.74, 6) is 0. The zero-order chi connectivity index (χ0) is 40.8. The first kappa shape index (κ1) is 37.3. The molecule has 0 aliphatic rings. The second-order valence-corrected chi connectivity index (χ2v) is 15.2. The second-order valence-electron chi connectivity index (χ2n) is 15.2. The molecule has 1 heteroatoms. The molecule has 1 nitrogen and oxygen atoms in total. The summed E-state index contributed by atoms with van der Waals surface area (Å²) in [6.45, 7) is 0. The molecule has 0 heterocycles. The van der Waals surface area contributed by atoms with Gasteiger partial charge in [0.2, 0.25) is 0 Å². The van der Waals surface area contributed by atoms with Crippen LogP contribution in [0, 0.1) is 0 Å². The normalized spacial score (nSPS) is 11.0. The first-order valence-electron chi connectivity index (χ1n) is 20.9. The lowest BCUT2D eigenvalue weighted by atomic mass is 9.88. The molecular weight excluding hydrogens is 735 g/mol. The molecule has 0 aromatic heterocycles. The maximum Gasteiger partial charge on any atom is 0.0552 e. The van der Waals surface area contributed by atoms with Gasteiger partial charge in [-0.1, -0.05) is 231 Å². The monoisotopic (exact) mass is 777 g/mol. The van der Waals surface area contributed by atoms with E-state index in [4.69, 9.17) is 0 Å². The summed E-state index contributed by atoms with van der Waals surface area (Å²) in [4.78, 5) is 2.48. The SMILES string of the molecule is c1ccc(-c2cc(-c3ccccc3)c(-c3ccccc3)c(N(c3ccc(-c4ccccc4-c4ccccc4-c4ccccc4)cc3)c3ccccc3-c3ccccc3)c2)cc1. The summed E-state index contributed by atoms with van der Waals surface area (Å²) in [7, 11) is 0. The van der Waals surface area contributed by atoms with Crippen molar-refractivity contribution in [2.24, 2.45) is 0 Å². The van der Waals surface area contributed by atoms with Crippen LogP contribution < -0.4 is 4.90 Å². The minimum absolute atomic E-state index is 1.07. The fraction of sp³-hybridized carbons (Fsp3) is 0. The molecule has 0 atom stereocenters. The van der Waals surface area contributed by atoms with Gasteiger partial charge in [0.1, 0.15) is 0 Å². The Balaban J connectivity index is 1.22. The summed E-state index contributed by atoms with van der Waals surface area (Å²) >= 11 is 0. The Bertz CT molecular complexity index is 3030. The molecule has 0 saturated heterocycles. The Morgan fingerprint density at radius 1 is 0.197 bits per heavy atom. The summed E-state index contributed by atoms with van der Waals surface area (Å²) in [6.07, 6.45) is 0. The van der Waals surface area contributed by atoms with Crippen molar-refractivity contribution in [2.75, 3.05) is 4.90 Å². The molecule has 0 amide bonds. The smallest absolute Gasteiger partial charge is 0.0552 e. The van der Waals surface area contributed by atoms with Crippen LogP contribution in [0.3, 0.4) is 0 Å². The third kappa shape index (κ3) is 7.58. The zero-order valence-corrected chi connectivity index (χ0v) is 33.8. The van der Waals surface area contributed by atoms with Crippen LogP contribution in [0.15, 0.2) is 261 Å². The van der Waals surface area contributed by atoms with E-state index < -0.39 is 0 Å². The van der Waals surface area contributed by atoms with Crippen molar-refractivity contribution in [2.45, 2.75) is 0 Å². The van der Waals surface area contributed by atoms with Crippen molar-refractivity contribution in [3.8, 4) is 77.9 Å². The average molecular weight is 778 g/mol. The lowest BCUT2D eigenvalue weighted by Gasteiger charge is -2.32. The molecule has 0 radical (unpaired) electrons. The van der Waals surface area contributed by atoms with Crippen molar-refractivity contribution in [1.82, 2.24) is 0 Å². The fourth-order valence-electron chi connectivity index (χ4n) is 8.64. The largest absolute Gasteiger partial charge is 0.309 e. The number of hydrogen-bond donors (Lipinski definition) is 0. The van der Waals surface area contributed by atoms with Gasteiger partial charge in [-0.2, -0.15) is 0 Å². The van der Waals surface area contributed by atoms with Gasteiger partial charge in [0.15, 0.2) is 0 Å². The molecule has 0 fully saturated rings. The van der Waals surface area contributed by atoms with Gasteiger partial charge in [0.05, 0.1) is 11.4 Å². The van der Waals surface area contributed by atoms with E-state index in [0.717, 1.165) is 44.9 Å². The van der Waals surface area contributed by atoms with E-state index in [-0.39, 0.29) is 0 Å². The van der Waals surface area contributed by atoms with Crippen molar-refractivity contribution < 1.29 is 0 Å². The van der Waals surface area contributed by atoms with Crippen molar-refractivity contribution >= 4 is 17.1 Å². The molecular formula is C60H43N. The summed E-state index contributed by atoms with van der Waals surface area (Å²) in [5.41, 5.74) is 19.7. The summed E-state index contributed by atoms with van der Waals surface area (Å²) in [6, 6.07) is 94.1. The minimum Gasteiger partial charge on any atom is -0.309 e. The molecule has 10 aromatic rings. The molecule has 0 spiro atoms. The van der Waals surface area contributed by atoms with Gasteiger partial charge in [-0.05, 0) is 97.1 Å². The lowest BCUT2D eigenvalue weighted by molar-refractivity contribution is 1.28. The van der Waals surface area contributed by atoms with Crippen molar-refractivity contribution in [3.05, 3.63) is 261 Å². The van der Waals surface area contributed by atoms with Crippen LogP contribution in [0.4, 0.5) is 17.1 Å². The third-order valence-electron chi connectivity index (χ3n) is 11.5. The number of anilines is 3. The molecule has 0 aliphatic heterocycles. The van der Waals surface area contributed by atoms with E-state index in [0.29, 0.717) is 0 Å². The highest BCUT2D eigenvalue weighted by Gasteiger charge is 2.25. The second kappa shape index (κ2) is 17.1. The topological polar surface area (TPSA) is 3.24 Å². The predicted molar refractivity (Wildman–Crippen MR) is 259 cm³/mol. The average Bonchev–Trinajstić information content (AvgIpc) is 3.35. The van der Waals surface area contributed by atoms with Gasteiger partial charge in [-0.3, -0.25) is 0 Å². The summed E-state index contributed by atoms with van der Waals surface area (Å²) < 4.78 is 0. The number of nitrogens with zero attached hydrogens (tertiary/aromatic N) is 1. The van der Waals surface area contributed by atoms with Gasteiger partial charge in [-0.15, -0.1) is 0 Å². The standard InChI is InChI=1S/C60H43N/c1-6-22-44(23-7-1)50-42-57(47-28-12-4-13-29-47)60(49-30-14-5-15-31-49)59(43-50)61(58-37-21-20-34-54(58)46-26-10-3-11-27-46)51-40-38-48(39-41-51)53-33-17-19-36-56(53)55-35-18-16-32-52(55)45-24-8-2-9-25-45/h1-43H. The Morgan fingerprint density at radius 2 is 0.557 bits per heavy atom. The molecule has 0 unspecified atom stereocenters. The van der Waals surface area contributed by atoms with Crippen molar-refractivity contribution in [1.29, 1.82) is 0 Å². The van der Waals surface area contributed by atoms with Gasteiger partial charge < -0.3 is 4.90 Å². The van der Waals surface area contributed by atoms with Crippen LogP contribution in [-0.4, -0.2) is 0 Å². The molecule has 10 aromatic carbocycles. The van der Waals surface area contributed by atoms with Crippen LogP contribution >= 0.6 is 0 Å². The minimum atomic E-state index is 1.07. The number of hydrogen-bond acceptors (Lipinski definition) is 1. The van der Waals surface area contributed by atoms with Gasteiger partial charge >= 0.3 is 0 Å². The van der Waals surface area contributed by atoms with Gasteiger partial charge in [0.25, 0.3) is 0 Å². The molecule has 0 saturated carbocycles. The highest BCUT2D eigenvalue weighted by atomic mass is 15.1. The van der Waals surface area contributed by atoms with Crippen molar-refractivity contribution in [3.63, 3.8) is 0 Å². The lowest BCUT2D eigenvalue weighted by Crippen LogP contribution is -2.13. The summed E-state index contributed by atoms with van der Waals surface area (Å²) in [5, 5.41) is 0. The highest BCUT2D eigenvalue weighted by molar-refractivity contribution is 6.02. The van der Waals surface area contributed by atoms with Gasteiger partial charge in [-0.25, -0.2) is 0 Å². The molecule has 0 bridgehead atoms. The van der Waals surface area contributed by atoms with Crippen LogP contribution in [0.25, 0.3) is 77.9 Å².